The lowest BCUT2D eigenvalue weighted by Gasteiger charge is -1.98. The zero-order valence-electron chi connectivity index (χ0n) is 11.7. The highest BCUT2D eigenvalue weighted by Gasteiger charge is 2.08. The van der Waals surface area contributed by atoms with Crippen molar-refractivity contribution in [2.24, 2.45) is 0 Å². The molecule has 6 heteroatoms. The van der Waals surface area contributed by atoms with Crippen molar-refractivity contribution in [1.82, 2.24) is 19.9 Å². The highest BCUT2D eigenvalue weighted by atomic mass is 32.2. The highest BCUT2D eigenvalue weighted by Crippen LogP contribution is 2.25. The number of benzene rings is 1. The fraction of sp³-hybridized carbons (Fsp3) is 0.267. The predicted octanol–water partition coefficient (Wildman–Crippen LogP) is 3.68. The molecular weight excluding hydrogens is 284 g/mol. The summed E-state index contributed by atoms with van der Waals surface area (Å²) in [7, 11) is 0. The third-order valence-electron chi connectivity index (χ3n) is 2.88. The Balaban J connectivity index is 1.76. The minimum atomic E-state index is 0.509. The number of rotatable bonds is 6. The third kappa shape index (κ3) is 3.52. The Labute approximate surface area is 127 Å². The predicted molar refractivity (Wildman–Crippen MR) is 82.7 cm³/mol. The quantitative estimate of drug-likeness (QED) is 0.555. The molecule has 3 aromatic rings. The van der Waals surface area contributed by atoms with Crippen LogP contribution in [0.1, 0.15) is 19.8 Å². The fourth-order valence-corrected chi connectivity index (χ4v) is 2.54. The SMILES string of the molecule is CCCCOc1nc2nc(Sc3ccccc3)ncc2[nH]1. The number of hydrogen-bond acceptors (Lipinski definition) is 5. The maximum atomic E-state index is 5.55. The van der Waals surface area contributed by atoms with E-state index < -0.39 is 0 Å². The molecule has 2 aromatic heterocycles. The molecule has 2 heterocycles. The molecule has 0 bridgehead atoms. The Bertz CT molecular complexity index is 714. The summed E-state index contributed by atoms with van der Waals surface area (Å²) in [5.74, 6) is 0. The molecule has 0 saturated carbocycles. The van der Waals surface area contributed by atoms with Crippen LogP contribution in [-0.4, -0.2) is 26.5 Å². The number of ether oxygens (including phenoxy) is 1. The van der Waals surface area contributed by atoms with Crippen LogP contribution in [0.2, 0.25) is 0 Å². The number of hydrogen-bond donors (Lipinski definition) is 1. The van der Waals surface area contributed by atoms with Gasteiger partial charge in [-0.1, -0.05) is 31.5 Å². The molecule has 0 radical (unpaired) electrons. The summed E-state index contributed by atoms with van der Waals surface area (Å²) in [6, 6.07) is 10.5. The molecule has 0 spiro atoms. The number of unbranched alkanes of at least 4 members (excludes halogenated alkanes) is 1. The molecule has 0 fully saturated rings. The first-order valence-electron chi connectivity index (χ1n) is 6.93. The van der Waals surface area contributed by atoms with E-state index in [1.165, 1.54) is 11.8 Å². The van der Waals surface area contributed by atoms with Gasteiger partial charge in [-0.05, 0) is 30.3 Å². The van der Waals surface area contributed by atoms with Gasteiger partial charge in [-0.2, -0.15) is 4.98 Å². The fourth-order valence-electron chi connectivity index (χ4n) is 1.79. The highest BCUT2D eigenvalue weighted by molar-refractivity contribution is 7.99. The van der Waals surface area contributed by atoms with E-state index in [0.29, 0.717) is 23.4 Å². The van der Waals surface area contributed by atoms with Crippen LogP contribution in [0.15, 0.2) is 46.6 Å². The topological polar surface area (TPSA) is 63.7 Å². The van der Waals surface area contributed by atoms with E-state index in [4.69, 9.17) is 4.74 Å². The second-order valence-electron chi connectivity index (χ2n) is 4.55. The number of fused-ring (bicyclic) bond motifs is 1. The molecule has 108 valence electrons. The normalized spacial score (nSPS) is 10.9. The van der Waals surface area contributed by atoms with Gasteiger partial charge in [0.2, 0.25) is 0 Å². The average Bonchev–Trinajstić information content (AvgIpc) is 2.90. The summed E-state index contributed by atoms with van der Waals surface area (Å²) in [6.07, 6.45) is 3.85. The van der Waals surface area contributed by atoms with Crippen molar-refractivity contribution < 1.29 is 4.74 Å². The molecule has 0 saturated heterocycles. The summed E-state index contributed by atoms with van der Waals surface area (Å²) in [5.41, 5.74) is 1.42. The van der Waals surface area contributed by atoms with Crippen LogP contribution in [0.4, 0.5) is 0 Å². The molecule has 0 amide bonds. The Kier molecular flexibility index (Phi) is 4.35. The number of imidazole rings is 1. The van der Waals surface area contributed by atoms with Crippen LogP contribution in [0.3, 0.4) is 0 Å². The summed E-state index contributed by atoms with van der Waals surface area (Å²) < 4.78 is 5.55. The third-order valence-corrected chi connectivity index (χ3v) is 3.77. The van der Waals surface area contributed by atoms with Gasteiger partial charge >= 0.3 is 0 Å². The first kappa shape index (κ1) is 13.9. The van der Waals surface area contributed by atoms with Crippen LogP contribution >= 0.6 is 11.8 Å². The van der Waals surface area contributed by atoms with Crippen molar-refractivity contribution in [2.45, 2.75) is 29.8 Å². The molecule has 21 heavy (non-hydrogen) atoms. The molecule has 1 aromatic carbocycles. The maximum Gasteiger partial charge on any atom is 0.296 e. The lowest BCUT2D eigenvalue weighted by molar-refractivity contribution is 0.289. The van der Waals surface area contributed by atoms with E-state index in [1.807, 2.05) is 30.3 Å². The number of nitrogens with one attached hydrogen (secondary N) is 1. The number of aromatic nitrogens is 4. The van der Waals surface area contributed by atoms with Gasteiger partial charge in [-0.3, -0.25) is 0 Å². The summed E-state index contributed by atoms with van der Waals surface area (Å²) in [6.45, 7) is 2.79. The van der Waals surface area contributed by atoms with E-state index in [0.717, 1.165) is 23.3 Å². The van der Waals surface area contributed by atoms with Crippen LogP contribution in [0, 0.1) is 0 Å². The van der Waals surface area contributed by atoms with E-state index in [9.17, 15) is 0 Å². The van der Waals surface area contributed by atoms with Gasteiger partial charge in [0.1, 0.15) is 5.52 Å². The van der Waals surface area contributed by atoms with Gasteiger partial charge in [0, 0.05) is 4.90 Å². The zero-order chi connectivity index (χ0) is 14.5. The maximum absolute atomic E-state index is 5.55. The lowest BCUT2D eigenvalue weighted by Crippen LogP contribution is -1.97. The van der Waals surface area contributed by atoms with Crippen LogP contribution < -0.4 is 4.74 Å². The Hall–Kier alpha value is -2.08. The van der Waals surface area contributed by atoms with Crippen molar-refractivity contribution in [3.05, 3.63) is 36.5 Å². The summed E-state index contributed by atoms with van der Waals surface area (Å²) >= 11 is 1.52. The lowest BCUT2D eigenvalue weighted by atomic mass is 10.4. The largest absolute Gasteiger partial charge is 0.465 e. The molecule has 1 N–H and O–H groups in total. The van der Waals surface area contributed by atoms with Crippen molar-refractivity contribution in [3.63, 3.8) is 0 Å². The smallest absolute Gasteiger partial charge is 0.296 e. The van der Waals surface area contributed by atoms with Crippen LogP contribution in [0.25, 0.3) is 11.2 Å². The number of nitrogens with zero attached hydrogens (tertiary/aromatic N) is 3. The zero-order valence-corrected chi connectivity index (χ0v) is 12.6. The van der Waals surface area contributed by atoms with E-state index in [1.54, 1.807) is 6.20 Å². The van der Waals surface area contributed by atoms with Gasteiger partial charge in [0.15, 0.2) is 10.8 Å². The summed E-state index contributed by atoms with van der Waals surface area (Å²) in [5, 5.41) is 0.681. The molecule has 0 aliphatic carbocycles. The number of aromatic amines is 1. The van der Waals surface area contributed by atoms with Crippen molar-refractivity contribution in [1.29, 1.82) is 0 Å². The number of H-pyrrole nitrogens is 1. The first-order valence-corrected chi connectivity index (χ1v) is 7.75. The van der Waals surface area contributed by atoms with Gasteiger partial charge in [0.25, 0.3) is 6.01 Å². The minimum Gasteiger partial charge on any atom is -0.465 e. The Morgan fingerprint density at radius 2 is 2.05 bits per heavy atom. The first-order chi connectivity index (χ1) is 10.3. The van der Waals surface area contributed by atoms with Crippen LogP contribution in [0.5, 0.6) is 6.01 Å². The van der Waals surface area contributed by atoms with Crippen molar-refractivity contribution in [2.75, 3.05) is 6.61 Å². The minimum absolute atomic E-state index is 0.509. The standard InChI is InChI=1S/C15H16N4OS/c1-2-3-9-20-14-17-12-10-16-15(19-13(12)18-14)21-11-7-5-4-6-8-11/h4-8,10H,2-3,9H2,1H3,(H,16,17,18,19). The Morgan fingerprint density at radius 1 is 1.19 bits per heavy atom. The molecule has 0 aliphatic rings. The average molecular weight is 300 g/mol. The molecular formula is C15H16N4OS. The Morgan fingerprint density at radius 3 is 2.86 bits per heavy atom. The van der Waals surface area contributed by atoms with Crippen LogP contribution in [-0.2, 0) is 0 Å². The monoisotopic (exact) mass is 300 g/mol. The second kappa shape index (κ2) is 6.58. The van der Waals surface area contributed by atoms with E-state index in [2.05, 4.69) is 26.9 Å². The molecule has 5 nitrogen and oxygen atoms in total. The van der Waals surface area contributed by atoms with Gasteiger partial charge in [-0.15, -0.1) is 0 Å². The van der Waals surface area contributed by atoms with Crippen molar-refractivity contribution in [3.8, 4) is 6.01 Å². The van der Waals surface area contributed by atoms with E-state index >= 15 is 0 Å². The molecule has 0 aliphatic heterocycles. The summed E-state index contributed by atoms with van der Waals surface area (Å²) in [4.78, 5) is 17.3. The van der Waals surface area contributed by atoms with Gasteiger partial charge in [-0.25, -0.2) is 9.97 Å². The molecule has 3 rings (SSSR count). The van der Waals surface area contributed by atoms with Gasteiger partial charge < -0.3 is 9.72 Å². The molecule has 0 atom stereocenters. The van der Waals surface area contributed by atoms with Gasteiger partial charge in [0.05, 0.1) is 12.8 Å². The molecule has 0 unspecified atom stereocenters. The van der Waals surface area contributed by atoms with Crippen molar-refractivity contribution >= 4 is 22.9 Å². The van der Waals surface area contributed by atoms with E-state index in [-0.39, 0.29) is 0 Å². The second-order valence-corrected chi connectivity index (χ2v) is 5.59.